The average Bonchev–Trinajstić information content (AvgIpc) is 3.62. The zero-order chi connectivity index (χ0) is 26.9. The zero-order valence-corrected chi connectivity index (χ0v) is 20.4. The van der Waals surface area contributed by atoms with Crippen molar-refractivity contribution in [2.75, 3.05) is 25.1 Å². The summed E-state index contributed by atoms with van der Waals surface area (Å²) in [6, 6.07) is 9.32. The van der Waals surface area contributed by atoms with Crippen LogP contribution in [0.5, 0.6) is 0 Å². The van der Waals surface area contributed by atoms with Crippen molar-refractivity contribution >= 4 is 17.8 Å². The number of nitriles is 1. The first-order valence-corrected chi connectivity index (χ1v) is 11.8. The number of imidazole rings is 1. The van der Waals surface area contributed by atoms with Crippen molar-refractivity contribution in [3.63, 3.8) is 0 Å². The Labute approximate surface area is 216 Å². The highest BCUT2D eigenvalue weighted by Crippen LogP contribution is 2.39. The normalized spacial score (nSPS) is 22.9. The summed E-state index contributed by atoms with van der Waals surface area (Å²) in [5.41, 5.74) is 6.14. The van der Waals surface area contributed by atoms with Crippen LogP contribution in [-0.4, -0.2) is 57.7 Å². The number of hydrogen-bond donors (Lipinski definition) is 3. The number of ether oxygens (including phenoxy) is 3. The van der Waals surface area contributed by atoms with Crippen LogP contribution in [-0.2, 0) is 29.6 Å². The molecule has 1 saturated heterocycles. The van der Waals surface area contributed by atoms with E-state index < -0.39 is 35.5 Å². The summed E-state index contributed by atoms with van der Waals surface area (Å²) < 4.78 is 30.2. The summed E-state index contributed by atoms with van der Waals surface area (Å²) in [5.74, 6) is -3.98. The second-order valence-corrected chi connectivity index (χ2v) is 9.35. The summed E-state index contributed by atoms with van der Waals surface area (Å²) in [6.07, 6.45) is 3.64. The predicted octanol–water partition coefficient (Wildman–Crippen LogP) is 2.01. The first kappa shape index (κ1) is 25.2. The van der Waals surface area contributed by atoms with Crippen LogP contribution < -0.4 is 11.1 Å². The van der Waals surface area contributed by atoms with Gasteiger partial charge in [-0.1, -0.05) is 0 Å². The van der Waals surface area contributed by atoms with Crippen molar-refractivity contribution in [2.24, 2.45) is 11.1 Å². The van der Waals surface area contributed by atoms with E-state index in [0.717, 1.165) is 12.8 Å². The van der Waals surface area contributed by atoms with Crippen molar-refractivity contribution in [1.82, 2.24) is 19.9 Å². The summed E-state index contributed by atoms with van der Waals surface area (Å²) in [4.78, 5) is 41.6. The Kier molecular flexibility index (Phi) is 6.52. The van der Waals surface area contributed by atoms with Crippen LogP contribution in [0.2, 0.25) is 0 Å². The maximum absolute atomic E-state index is 13.7. The number of nitrogens with zero attached hydrogens (tertiary/aromatic N) is 4. The number of nitrogens with one attached hydrogen (secondary N) is 2. The van der Waals surface area contributed by atoms with E-state index in [1.807, 2.05) is 0 Å². The number of carbonyl (C=O) groups is 2. The van der Waals surface area contributed by atoms with Gasteiger partial charge in [0.15, 0.2) is 12.4 Å². The molecule has 3 aromatic rings. The van der Waals surface area contributed by atoms with Gasteiger partial charge in [0.05, 0.1) is 30.3 Å². The topological polar surface area (TPSA) is 178 Å². The van der Waals surface area contributed by atoms with Crippen LogP contribution in [0.3, 0.4) is 0 Å². The summed E-state index contributed by atoms with van der Waals surface area (Å²) in [7, 11) is 0. The number of aromatic amines is 1. The molecule has 0 unspecified atom stereocenters. The lowest BCUT2D eigenvalue weighted by Crippen LogP contribution is -2.56. The molecule has 1 saturated carbocycles. The van der Waals surface area contributed by atoms with Gasteiger partial charge in [0.25, 0.3) is 5.91 Å². The van der Waals surface area contributed by atoms with Crippen LogP contribution in [0.25, 0.3) is 22.6 Å². The largest absolute Gasteiger partial charge is 0.450 e. The SMILES string of the molecule is CC1(C(=O)OCC#N)COC(C(N)=O)(c2nc(-c3ccc(F)cc3)c(-c3ccnc(NC4CC4)n3)[nH]2)OC1. The van der Waals surface area contributed by atoms with E-state index in [-0.39, 0.29) is 19.0 Å². The fourth-order valence-corrected chi connectivity index (χ4v) is 3.90. The van der Waals surface area contributed by atoms with E-state index in [0.29, 0.717) is 34.6 Å². The minimum Gasteiger partial charge on any atom is -0.450 e. The Balaban J connectivity index is 1.54. The molecule has 3 heterocycles. The predicted molar refractivity (Wildman–Crippen MR) is 129 cm³/mol. The Morgan fingerprint density at radius 1 is 1.24 bits per heavy atom. The molecule has 0 spiro atoms. The Hall–Kier alpha value is -4.41. The second kappa shape index (κ2) is 9.81. The molecule has 13 heteroatoms. The smallest absolute Gasteiger partial charge is 0.317 e. The van der Waals surface area contributed by atoms with Gasteiger partial charge in [0, 0.05) is 17.8 Å². The number of carbonyl (C=O) groups excluding carboxylic acids is 2. The highest BCUT2D eigenvalue weighted by molar-refractivity contribution is 5.85. The van der Waals surface area contributed by atoms with E-state index in [1.165, 1.54) is 31.2 Å². The Bertz CT molecular complexity index is 1410. The lowest BCUT2D eigenvalue weighted by Gasteiger charge is -2.40. The third kappa shape index (κ3) is 4.79. The van der Waals surface area contributed by atoms with Gasteiger partial charge in [-0.25, -0.2) is 19.3 Å². The molecular weight excluding hydrogens is 497 g/mol. The van der Waals surface area contributed by atoms with Crippen molar-refractivity contribution < 1.29 is 28.2 Å². The standard InChI is InChI=1S/C25H24FN7O5/c1-24(22(35)36-11-9-27)12-37-25(20(28)34,38-13-24)21-32-18(14-2-4-15(26)5-3-14)19(33-21)17-8-10-29-23(31-17)30-16-6-7-16/h2-5,8,10,16H,6-7,11-13H2,1H3,(H2,28,34)(H,32,33)(H,29,30,31). The lowest BCUT2D eigenvalue weighted by molar-refractivity contribution is -0.293. The molecule has 1 aliphatic heterocycles. The van der Waals surface area contributed by atoms with Crippen molar-refractivity contribution in [1.29, 1.82) is 5.26 Å². The molecule has 0 atom stereocenters. The summed E-state index contributed by atoms with van der Waals surface area (Å²) in [5, 5.41) is 11.9. The molecular formula is C25H24FN7O5. The fourth-order valence-electron chi connectivity index (χ4n) is 3.90. The molecule has 1 amide bonds. The van der Waals surface area contributed by atoms with Crippen molar-refractivity contribution in [3.8, 4) is 28.7 Å². The van der Waals surface area contributed by atoms with Gasteiger partial charge < -0.3 is 30.2 Å². The summed E-state index contributed by atoms with van der Waals surface area (Å²) >= 11 is 0. The third-order valence-corrected chi connectivity index (χ3v) is 6.23. The second-order valence-electron chi connectivity index (χ2n) is 9.35. The van der Waals surface area contributed by atoms with Crippen LogP contribution in [0.4, 0.5) is 10.3 Å². The number of primary amides is 1. The Morgan fingerprint density at radius 3 is 2.58 bits per heavy atom. The summed E-state index contributed by atoms with van der Waals surface area (Å²) in [6.45, 7) is 0.481. The molecule has 2 aromatic heterocycles. The van der Waals surface area contributed by atoms with Gasteiger partial charge in [-0.3, -0.25) is 9.59 Å². The molecule has 0 radical (unpaired) electrons. The first-order valence-electron chi connectivity index (χ1n) is 11.8. The van der Waals surface area contributed by atoms with Crippen LogP contribution in [0.15, 0.2) is 36.5 Å². The molecule has 196 valence electrons. The Morgan fingerprint density at radius 2 is 1.95 bits per heavy atom. The molecule has 1 aliphatic carbocycles. The molecule has 12 nitrogen and oxygen atoms in total. The molecule has 1 aromatic carbocycles. The van der Waals surface area contributed by atoms with Gasteiger partial charge in [0.2, 0.25) is 5.95 Å². The van der Waals surface area contributed by atoms with Gasteiger partial charge >= 0.3 is 11.8 Å². The fraction of sp³-hybridized carbons (Fsp3) is 0.360. The minimum absolute atomic E-state index is 0.0814. The van der Waals surface area contributed by atoms with E-state index in [4.69, 9.17) is 25.2 Å². The number of halogens is 1. The number of amides is 1. The van der Waals surface area contributed by atoms with Gasteiger partial charge in [-0.2, -0.15) is 5.26 Å². The highest BCUT2D eigenvalue weighted by Gasteiger charge is 2.54. The maximum Gasteiger partial charge on any atom is 0.317 e. The van der Waals surface area contributed by atoms with E-state index in [2.05, 4.69) is 25.3 Å². The molecule has 4 N–H and O–H groups in total. The quantitative estimate of drug-likeness (QED) is 0.371. The number of anilines is 1. The van der Waals surface area contributed by atoms with Crippen LogP contribution in [0, 0.1) is 22.6 Å². The third-order valence-electron chi connectivity index (χ3n) is 6.23. The number of rotatable bonds is 8. The van der Waals surface area contributed by atoms with Gasteiger partial charge in [-0.15, -0.1) is 0 Å². The van der Waals surface area contributed by atoms with Crippen molar-refractivity contribution in [3.05, 3.63) is 48.2 Å². The van der Waals surface area contributed by atoms with Gasteiger partial charge in [-0.05, 0) is 50.1 Å². The molecule has 2 fully saturated rings. The monoisotopic (exact) mass is 521 g/mol. The van der Waals surface area contributed by atoms with E-state index in [1.54, 1.807) is 18.3 Å². The number of H-pyrrole nitrogens is 1. The number of hydrogen-bond acceptors (Lipinski definition) is 10. The molecule has 5 rings (SSSR count). The first-order chi connectivity index (χ1) is 18.2. The molecule has 0 bridgehead atoms. The highest BCUT2D eigenvalue weighted by atomic mass is 19.1. The van der Waals surface area contributed by atoms with E-state index in [9.17, 15) is 14.0 Å². The van der Waals surface area contributed by atoms with Gasteiger partial charge in [0.1, 0.15) is 17.3 Å². The number of benzene rings is 1. The zero-order valence-electron chi connectivity index (χ0n) is 20.4. The van der Waals surface area contributed by atoms with Crippen LogP contribution >= 0.6 is 0 Å². The van der Waals surface area contributed by atoms with E-state index >= 15 is 0 Å². The lowest BCUT2D eigenvalue weighted by atomic mass is 9.91. The molecule has 38 heavy (non-hydrogen) atoms. The molecule has 2 aliphatic rings. The number of esters is 1. The number of aromatic nitrogens is 4. The average molecular weight is 522 g/mol. The van der Waals surface area contributed by atoms with Crippen molar-refractivity contribution in [2.45, 2.75) is 31.6 Å². The minimum atomic E-state index is -2.16. The number of nitrogens with two attached hydrogens (primary N) is 1. The van der Waals surface area contributed by atoms with Crippen LogP contribution in [0.1, 0.15) is 25.6 Å². The maximum atomic E-state index is 13.7.